The van der Waals surface area contributed by atoms with Crippen LogP contribution >= 0.6 is 0 Å². The lowest BCUT2D eigenvalue weighted by molar-refractivity contribution is -0.119. The lowest BCUT2D eigenvalue weighted by Crippen LogP contribution is -2.47. The number of anilines is 1. The molecule has 1 aliphatic carbocycles. The highest BCUT2D eigenvalue weighted by Gasteiger charge is 2.20. The molecule has 0 aromatic heterocycles. The number of ether oxygens (including phenoxy) is 1. The largest absolute Gasteiger partial charge is 0.495 e. The van der Waals surface area contributed by atoms with Gasteiger partial charge in [0.2, 0.25) is 0 Å². The first-order valence-electron chi connectivity index (χ1n) is 11.0. The minimum atomic E-state index is 0.387. The van der Waals surface area contributed by atoms with Gasteiger partial charge in [0.15, 0.2) is 0 Å². The van der Waals surface area contributed by atoms with E-state index >= 15 is 0 Å². The number of aryl methyl sites for hydroxylation is 3. The van der Waals surface area contributed by atoms with E-state index in [9.17, 15) is 4.79 Å². The Hall–Kier alpha value is -2.33. The first-order chi connectivity index (χ1) is 14.2. The summed E-state index contributed by atoms with van der Waals surface area (Å²) in [5, 5.41) is 0. The number of fused-ring (bicyclic) bond motifs is 1. The van der Waals surface area contributed by atoms with E-state index in [1.807, 2.05) is 12.1 Å². The SMILES string of the molecule is COc1ccccc1N1CCN(CCC(=O)CCc2ccc3c(c2)CCC3)CC1. The summed E-state index contributed by atoms with van der Waals surface area (Å²) in [7, 11) is 1.73. The number of methoxy groups -OCH3 is 1. The minimum Gasteiger partial charge on any atom is -0.495 e. The molecule has 0 atom stereocenters. The molecule has 29 heavy (non-hydrogen) atoms. The number of piperazine rings is 1. The highest BCUT2D eigenvalue weighted by molar-refractivity contribution is 5.78. The number of hydrogen-bond acceptors (Lipinski definition) is 4. The third kappa shape index (κ3) is 4.99. The van der Waals surface area contributed by atoms with Crippen LogP contribution in [0.4, 0.5) is 5.69 Å². The molecule has 4 nitrogen and oxygen atoms in total. The van der Waals surface area contributed by atoms with Crippen LogP contribution in [-0.4, -0.2) is 50.5 Å². The fourth-order valence-corrected chi connectivity index (χ4v) is 4.58. The number of para-hydroxylation sites is 2. The Bertz CT molecular complexity index is 840. The standard InChI is InChI=1S/C25H32N2O2/c1-29-25-8-3-2-7-24(25)27-17-15-26(16-18-27)14-13-23(28)12-10-20-9-11-21-5-4-6-22(21)19-20/h2-3,7-9,11,19H,4-6,10,12-18H2,1H3. The fourth-order valence-electron chi connectivity index (χ4n) is 4.58. The van der Waals surface area contributed by atoms with Gasteiger partial charge in [0.25, 0.3) is 0 Å². The molecule has 0 bridgehead atoms. The highest BCUT2D eigenvalue weighted by Crippen LogP contribution is 2.28. The Kier molecular flexibility index (Phi) is 6.50. The Balaban J connectivity index is 1.19. The van der Waals surface area contributed by atoms with E-state index in [2.05, 4.69) is 40.1 Å². The van der Waals surface area contributed by atoms with E-state index in [0.717, 1.165) is 44.9 Å². The van der Waals surface area contributed by atoms with Crippen molar-refractivity contribution in [2.75, 3.05) is 44.7 Å². The Morgan fingerprint density at radius 3 is 2.59 bits per heavy atom. The first-order valence-corrected chi connectivity index (χ1v) is 11.0. The van der Waals surface area contributed by atoms with E-state index in [4.69, 9.17) is 4.74 Å². The Labute approximate surface area is 174 Å². The Morgan fingerprint density at radius 1 is 0.966 bits per heavy atom. The number of benzene rings is 2. The molecule has 2 aromatic rings. The van der Waals surface area contributed by atoms with Gasteiger partial charge in [0.1, 0.15) is 11.5 Å². The number of carbonyl (C=O) groups excluding carboxylic acids is 1. The average Bonchev–Trinajstić information content (AvgIpc) is 3.24. The average molecular weight is 393 g/mol. The lowest BCUT2D eigenvalue weighted by atomic mass is 10.0. The van der Waals surface area contributed by atoms with Gasteiger partial charge in [0, 0.05) is 45.6 Å². The lowest BCUT2D eigenvalue weighted by Gasteiger charge is -2.36. The van der Waals surface area contributed by atoms with Crippen molar-refractivity contribution >= 4 is 11.5 Å². The smallest absolute Gasteiger partial charge is 0.142 e. The molecule has 1 heterocycles. The molecule has 4 heteroatoms. The summed E-state index contributed by atoms with van der Waals surface area (Å²) in [6.07, 6.45) is 5.92. The van der Waals surface area contributed by atoms with Crippen LogP contribution in [0.15, 0.2) is 42.5 Å². The van der Waals surface area contributed by atoms with Crippen molar-refractivity contribution in [3.63, 3.8) is 0 Å². The molecule has 0 saturated carbocycles. The van der Waals surface area contributed by atoms with E-state index in [1.165, 1.54) is 41.6 Å². The maximum absolute atomic E-state index is 12.4. The molecular weight excluding hydrogens is 360 g/mol. The van der Waals surface area contributed by atoms with Gasteiger partial charge in [-0.25, -0.2) is 0 Å². The van der Waals surface area contributed by atoms with E-state index in [0.29, 0.717) is 18.6 Å². The predicted octanol–water partition coefficient (Wildman–Crippen LogP) is 3.90. The summed E-state index contributed by atoms with van der Waals surface area (Å²) in [6.45, 7) is 4.82. The summed E-state index contributed by atoms with van der Waals surface area (Å²) in [5.41, 5.74) is 5.50. The summed E-state index contributed by atoms with van der Waals surface area (Å²) in [4.78, 5) is 17.2. The van der Waals surface area contributed by atoms with E-state index < -0.39 is 0 Å². The monoisotopic (exact) mass is 392 g/mol. The van der Waals surface area contributed by atoms with Crippen LogP contribution in [0.3, 0.4) is 0 Å². The van der Waals surface area contributed by atoms with Crippen LogP contribution in [0.1, 0.15) is 36.0 Å². The topological polar surface area (TPSA) is 32.8 Å². The highest BCUT2D eigenvalue weighted by atomic mass is 16.5. The van der Waals surface area contributed by atoms with Crippen molar-refractivity contribution in [2.45, 2.75) is 38.5 Å². The zero-order valence-electron chi connectivity index (χ0n) is 17.5. The Morgan fingerprint density at radius 2 is 1.76 bits per heavy atom. The van der Waals surface area contributed by atoms with Gasteiger partial charge < -0.3 is 9.64 Å². The van der Waals surface area contributed by atoms with Crippen molar-refractivity contribution < 1.29 is 9.53 Å². The van der Waals surface area contributed by atoms with Crippen LogP contribution in [0.25, 0.3) is 0 Å². The van der Waals surface area contributed by atoms with Gasteiger partial charge in [-0.05, 0) is 54.5 Å². The fraction of sp³-hybridized carbons (Fsp3) is 0.480. The van der Waals surface area contributed by atoms with Crippen LogP contribution in [-0.2, 0) is 24.1 Å². The molecular formula is C25H32N2O2. The summed E-state index contributed by atoms with van der Waals surface area (Å²) in [5.74, 6) is 1.32. The minimum absolute atomic E-state index is 0.387. The maximum Gasteiger partial charge on any atom is 0.142 e. The van der Waals surface area contributed by atoms with Gasteiger partial charge in [-0.15, -0.1) is 0 Å². The predicted molar refractivity (Wildman–Crippen MR) is 118 cm³/mol. The molecule has 154 valence electrons. The molecule has 1 fully saturated rings. The van der Waals surface area contributed by atoms with Crippen molar-refractivity contribution in [3.05, 3.63) is 59.2 Å². The number of nitrogens with zero attached hydrogens (tertiary/aromatic N) is 2. The second-order valence-electron chi connectivity index (χ2n) is 8.25. The second-order valence-corrected chi connectivity index (χ2v) is 8.25. The summed E-state index contributed by atoms with van der Waals surface area (Å²) >= 11 is 0. The number of Topliss-reactive ketones (excluding diaryl/α,β-unsaturated/α-hetero) is 1. The van der Waals surface area contributed by atoms with Crippen molar-refractivity contribution in [2.24, 2.45) is 0 Å². The number of carbonyl (C=O) groups is 1. The summed E-state index contributed by atoms with van der Waals surface area (Å²) in [6, 6.07) is 15.0. The van der Waals surface area contributed by atoms with Gasteiger partial charge in [-0.2, -0.15) is 0 Å². The normalized spacial score (nSPS) is 16.7. The van der Waals surface area contributed by atoms with Gasteiger partial charge in [-0.3, -0.25) is 9.69 Å². The van der Waals surface area contributed by atoms with Crippen LogP contribution < -0.4 is 9.64 Å². The van der Waals surface area contributed by atoms with Gasteiger partial charge in [0.05, 0.1) is 12.8 Å². The molecule has 1 saturated heterocycles. The number of hydrogen-bond donors (Lipinski definition) is 0. The van der Waals surface area contributed by atoms with Gasteiger partial charge in [-0.1, -0.05) is 30.3 Å². The van der Waals surface area contributed by atoms with E-state index in [1.54, 1.807) is 7.11 Å². The van der Waals surface area contributed by atoms with Crippen molar-refractivity contribution in [3.8, 4) is 5.75 Å². The van der Waals surface area contributed by atoms with E-state index in [-0.39, 0.29) is 0 Å². The molecule has 0 spiro atoms. The zero-order valence-corrected chi connectivity index (χ0v) is 17.5. The summed E-state index contributed by atoms with van der Waals surface area (Å²) < 4.78 is 5.49. The molecule has 0 radical (unpaired) electrons. The quantitative estimate of drug-likeness (QED) is 0.682. The van der Waals surface area contributed by atoms with Crippen LogP contribution in [0.2, 0.25) is 0 Å². The molecule has 0 amide bonds. The molecule has 0 unspecified atom stereocenters. The number of rotatable bonds is 8. The third-order valence-electron chi connectivity index (χ3n) is 6.36. The zero-order chi connectivity index (χ0) is 20.1. The molecule has 2 aliphatic rings. The van der Waals surface area contributed by atoms with Gasteiger partial charge >= 0.3 is 0 Å². The molecule has 0 N–H and O–H groups in total. The second kappa shape index (κ2) is 9.45. The van der Waals surface area contributed by atoms with Crippen LogP contribution in [0.5, 0.6) is 5.75 Å². The third-order valence-corrected chi connectivity index (χ3v) is 6.36. The molecule has 4 rings (SSSR count). The van der Waals surface area contributed by atoms with Crippen LogP contribution in [0, 0.1) is 0 Å². The number of ketones is 1. The van der Waals surface area contributed by atoms with Crippen molar-refractivity contribution in [1.29, 1.82) is 0 Å². The van der Waals surface area contributed by atoms with Crippen molar-refractivity contribution in [1.82, 2.24) is 4.90 Å². The molecule has 2 aromatic carbocycles. The molecule has 1 aliphatic heterocycles. The maximum atomic E-state index is 12.4. The first kappa shape index (κ1) is 20.0.